The molecular weight excluding hydrogens is 192 g/mol. The van der Waals surface area contributed by atoms with Gasteiger partial charge in [0.2, 0.25) is 0 Å². The summed E-state index contributed by atoms with van der Waals surface area (Å²) in [6.45, 7) is 3.81. The third-order valence-electron chi connectivity index (χ3n) is 3.32. The molecule has 0 aromatic rings. The minimum Gasteiger partial charge on any atom is -0.350 e. The normalized spacial score (nSPS) is 37.6. The van der Waals surface area contributed by atoms with Crippen LogP contribution < -0.4 is 5.73 Å². The molecule has 0 aromatic carbocycles. The second-order valence-electron chi connectivity index (χ2n) is 4.75. The molecule has 2 aliphatic rings. The lowest BCUT2D eigenvalue weighted by Gasteiger charge is -2.15. The van der Waals surface area contributed by atoms with Crippen LogP contribution in [0, 0.1) is 5.92 Å². The fraction of sp³-hybridized carbons (Fsp3) is 1.00. The summed E-state index contributed by atoms with van der Waals surface area (Å²) < 4.78 is 11.4. The highest BCUT2D eigenvalue weighted by atomic mass is 16.7. The zero-order valence-corrected chi connectivity index (χ0v) is 9.52. The molecule has 0 aliphatic carbocycles. The van der Waals surface area contributed by atoms with Gasteiger partial charge in [0.25, 0.3) is 0 Å². The van der Waals surface area contributed by atoms with Crippen LogP contribution in [0.3, 0.4) is 0 Å². The van der Waals surface area contributed by atoms with Gasteiger partial charge in [0.15, 0.2) is 6.29 Å². The summed E-state index contributed by atoms with van der Waals surface area (Å²) in [6, 6.07) is 0. The molecule has 15 heavy (non-hydrogen) atoms. The molecule has 2 fully saturated rings. The summed E-state index contributed by atoms with van der Waals surface area (Å²) in [4.78, 5) is 2.37. The number of rotatable bonds is 4. The standard InChI is InChI=1S/C11H22N2O2/c1-13-5-3-9(7-13)6-11-14-8-10(15-11)2-4-12/h9-11H,2-8,12H2,1H3. The molecule has 0 saturated carbocycles. The molecule has 0 bridgehead atoms. The van der Waals surface area contributed by atoms with Crippen LogP contribution in [-0.2, 0) is 9.47 Å². The molecule has 0 spiro atoms. The van der Waals surface area contributed by atoms with Crippen LogP contribution in [0.1, 0.15) is 19.3 Å². The van der Waals surface area contributed by atoms with Crippen molar-refractivity contribution in [1.29, 1.82) is 0 Å². The number of nitrogens with two attached hydrogens (primary N) is 1. The number of hydrogen-bond acceptors (Lipinski definition) is 4. The van der Waals surface area contributed by atoms with Crippen LogP contribution in [0.25, 0.3) is 0 Å². The van der Waals surface area contributed by atoms with Crippen molar-refractivity contribution in [1.82, 2.24) is 4.90 Å². The Kier molecular flexibility index (Phi) is 3.97. The van der Waals surface area contributed by atoms with E-state index in [2.05, 4.69) is 11.9 Å². The fourth-order valence-electron chi connectivity index (χ4n) is 2.46. The first-order valence-corrected chi connectivity index (χ1v) is 5.93. The van der Waals surface area contributed by atoms with Gasteiger partial charge in [-0.25, -0.2) is 0 Å². The van der Waals surface area contributed by atoms with Crippen LogP contribution in [-0.4, -0.2) is 50.6 Å². The quantitative estimate of drug-likeness (QED) is 0.737. The molecule has 2 saturated heterocycles. The van der Waals surface area contributed by atoms with Gasteiger partial charge in [-0.3, -0.25) is 0 Å². The third-order valence-corrected chi connectivity index (χ3v) is 3.32. The molecule has 88 valence electrons. The minimum absolute atomic E-state index is 0.0260. The highest BCUT2D eigenvalue weighted by Crippen LogP contribution is 2.25. The van der Waals surface area contributed by atoms with E-state index in [0.29, 0.717) is 6.54 Å². The van der Waals surface area contributed by atoms with Crippen molar-refractivity contribution < 1.29 is 9.47 Å². The smallest absolute Gasteiger partial charge is 0.158 e. The van der Waals surface area contributed by atoms with Gasteiger partial charge in [-0.05, 0) is 38.9 Å². The monoisotopic (exact) mass is 214 g/mol. The highest BCUT2D eigenvalue weighted by Gasteiger charge is 2.30. The Hall–Kier alpha value is -0.160. The highest BCUT2D eigenvalue weighted by molar-refractivity contribution is 4.76. The van der Waals surface area contributed by atoms with Gasteiger partial charge in [0.1, 0.15) is 0 Å². The Bertz CT molecular complexity index is 201. The lowest BCUT2D eigenvalue weighted by Crippen LogP contribution is -2.20. The number of hydrogen-bond donors (Lipinski definition) is 1. The number of nitrogens with zero attached hydrogens (tertiary/aromatic N) is 1. The first kappa shape index (κ1) is 11.3. The molecule has 4 heteroatoms. The molecule has 0 amide bonds. The summed E-state index contributed by atoms with van der Waals surface area (Å²) >= 11 is 0. The van der Waals surface area contributed by atoms with Gasteiger partial charge < -0.3 is 20.1 Å². The molecule has 3 unspecified atom stereocenters. The fourth-order valence-corrected chi connectivity index (χ4v) is 2.46. The summed E-state index contributed by atoms with van der Waals surface area (Å²) in [5, 5.41) is 0. The molecule has 2 heterocycles. The predicted octanol–water partition coefficient (Wildman–Crippen LogP) is 0.419. The lowest BCUT2D eigenvalue weighted by molar-refractivity contribution is -0.0709. The molecular formula is C11H22N2O2. The van der Waals surface area contributed by atoms with Crippen LogP contribution in [0.5, 0.6) is 0 Å². The van der Waals surface area contributed by atoms with Crippen molar-refractivity contribution in [2.24, 2.45) is 11.7 Å². The van der Waals surface area contributed by atoms with Crippen molar-refractivity contribution in [3.8, 4) is 0 Å². The molecule has 2 N–H and O–H groups in total. The Morgan fingerprint density at radius 1 is 1.47 bits per heavy atom. The van der Waals surface area contributed by atoms with Gasteiger partial charge >= 0.3 is 0 Å². The summed E-state index contributed by atoms with van der Waals surface area (Å²) in [5.74, 6) is 0.747. The van der Waals surface area contributed by atoms with Crippen molar-refractivity contribution in [3.05, 3.63) is 0 Å². The zero-order chi connectivity index (χ0) is 10.7. The summed E-state index contributed by atoms with van der Waals surface area (Å²) in [6.07, 6.45) is 3.51. The van der Waals surface area contributed by atoms with Crippen LogP contribution in [0.2, 0.25) is 0 Å². The Labute approximate surface area is 91.7 Å². The average Bonchev–Trinajstić information content (AvgIpc) is 2.78. The van der Waals surface area contributed by atoms with Crippen LogP contribution in [0.4, 0.5) is 0 Å². The van der Waals surface area contributed by atoms with Gasteiger partial charge in [0.05, 0.1) is 12.7 Å². The number of ether oxygens (including phenoxy) is 2. The summed E-state index contributed by atoms with van der Waals surface area (Å²) in [7, 11) is 2.17. The van der Waals surface area contributed by atoms with E-state index in [1.165, 1.54) is 19.5 Å². The Morgan fingerprint density at radius 2 is 2.33 bits per heavy atom. The van der Waals surface area contributed by atoms with Crippen molar-refractivity contribution in [2.75, 3.05) is 33.3 Å². The second-order valence-corrected chi connectivity index (χ2v) is 4.75. The third kappa shape index (κ3) is 3.14. The molecule has 3 atom stereocenters. The second kappa shape index (κ2) is 5.25. The van der Waals surface area contributed by atoms with E-state index in [1.54, 1.807) is 0 Å². The van der Waals surface area contributed by atoms with E-state index in [9.17, 15) is 0 Å². The van der Waals surface area contributed by atoms with E-state index in [-0.39, 0.29) is 12.4 Å². The Balaban J connectivity index is 1.68. The Morgan fingerprint density at radius 3 is 3.00 bits per heavy atom. The maximum Gasteiger partial charge on any atom is 0.158 e. The first-order valence-electron chi connectivity index (χ1n) is 5.93. The van der Waals surface area contributed by atoms with Crippen molar-refractivity contribution in [2.45, 2.75) is 31.7 Å². The molecule has 0 aromatic heterocycles. The minimum atomic E-state index is 0.0260. The van der Waals surface area contributed by atoms with E-state index in [0.717, 1.165) is 25.4 Å². The van der Waals surface area contributed by atoms with E-state index in [1.807, 2.05) is 0 Å². The van der Waals surface area contributed by atoms with Gasteiger partial charge in [-0.2, -0.15) is 0 Å². The van der Waals surface area contributed by atoms with E-state index >= 15 is 0 Å². The predicted molar refractivity (Wildman–Crippen MR) is 58.5 cm³/mol. The molecule has 4 nitrogen and oxygen atoms in total. The SMILES string of the molecule is CN1CCC(CC2OCC(CCN)O2)C1. The number of likely N-dealkylation sites (tertiary alicyclic amines) is 1. The van der Waals surface area contributed by atoms with Crippen molar-refractivity contribution >= 4 is 0 Å². The molecule has 2 rings (SSSR count). The summed E-state index contributed by atoms with van der Waals surface area (Å²) in [5.41, 5.74) is 5.49. The topological polar surface area (TPSA) is 47.7 Å². The van der Waals surface area contributed by atoms with E-state index < -0.39 is 0 Å². The van der Waals surface area contributed by atoms with Crippen LogP contribution >= 0.6 is 0 Å². The van der Waals surface area contributed by atoms with E-state index in [4.69, 9.17) is 15.2 Å². The maximum atomic E-state index is 5.78. The molecule has 0 radical (unpaired) electrons. The van der Waals surface area contributed by atoms with Gasteiger partial charge in [0, 0.05) is 13.0 Å². The van der Waals surface area contributed by atoms with Gasteiger partial charge in [-0.15, -0.1) is 0 Å². The molecule has 2 aliphatic heterocycles. The van der Waals surface area contributed by atoms with Crippen LogP contribution in [0.15, 0.2) is 0 Å². The largest absolute Gasteiger partial charge is 0.350 e. The maximum absolute atomic E-state index is 5.78. The zero-order valence-electron chi connectivity index (χ0n) is 9.52. The first-order chi connectivity index (χ1) is 7.28. The van der Waals surface area contributed by atoms with Crippen molar-refractivity contribution in [3.63, 3.8) is 0 Å². The lowest BCUT2D eigenvalue weighted by atomic mass is 10.1. The van der Waals surface area contributed by atoms with Gasteiger partial charge in [-0.1, -0.05) is 0 Å². The average molecular weight is 214 g/mol.